The molecule has 16 heteroatoms. The van der Waals surface area contributed by atoms with Crippen molar-refractivity contribution < 1.29 is 68.5 Å². The summed E-state index contributed by atoms with van der Waals surface area (Å²) in [5.74, 6) is -1.70. The Kier molecular flexibility index (Phi) is 16.7. The third-order valence-electron chi connectivity index (χ3n) is 8.16. The predicted octanol–water partition coefficient (Wildman–Crippen LogP) is -0.736. The fourth-order valence-electron chi connectivity index (χ4n) is 5.41. The Labute approximate surface area is 268 Å². The van der Waals surface area contributed by atoms with E-state index in [0.717, 1.165) is 32.1 Å². The summed E-state index contributed by atoms with van der Waals surface area (Å²) in [7, 11) is 0. The normalized spacial score (nSPS) is 28.5. The summed E-state index contributed by atoms with van der Waals surface area (Å²) in [5, 5.41) is 50.0. The first-order chi connectivity index (χ1) is 22.1. The minimum Gasteiger partial charge on any atom is -0.394 e. The SMILES string of the molecule is O=C(CCCCCCCCC(=O)N(CCCO[C@H]1OC(CO)[C@@H](O)C(O)C1O)CCOC1OCCCC1O)ON1C(=O)CCC1=O. The molecular formula is C30H50N2O14. The van der Waals surface area contributed by atoms with Gasteiger partial charge in [0.2, 0.25) is 5.91 Å². The van der Waals surface area contributed by atoms with Crippen LogP contribution < -0.4 is 0 Å². The lowest BCUT2D eigenvalue weighted by Crippen LogP contribution is -2.59. The number of aliphatic hydroxyl groups is 5. The minimum atomic E-state index is -1.54. The van der Waals surface area contributed by atoms with Crippen molar-refractivity contribution in [2.24, 2.45) is 0 Å². The van der Waals surface area contributed by atoms with Crippen LogP contribution in [0.2, 0.25) is 0 Å². The molecule has 0 aromatic carbocycles. The van der Waals surface area contributed by atoms with E-state index in [9.17, 15) is 44.7 Å². The minimum absolute atomic E-state index is 0.0552. The number of carbonyl (C=O) groups is 4. The molecule has 0 bridgehead atoms. The first-order valence-electron chi connectivity index (χ1n) is 16.3. The van der Waals surface area contributed by atoms with Crippen LogP contribution in [0.3, 0.4) is 0 Å². The molecule has 3 fully saturated rings. The summed E-state index contributed by atoms with van der Waals surface area (Å²) < 4.78 is 22.1. The van der Waals surface area contributed by atoms with Crippen molar-refractivity contribution in [2.75, 3.05) is 39.5 Å². The molecule has 3 aliphatic heterocycles. The molecule has 3 heterocycles. The summed E-state index contributed by atoms with van der Waals surface area (Å²) in [4.78, 5) is 54.5. The van der Waals surface area contributed by atoms with Gasteiger partial charge in [-0.3, -0.25) is 14.4 Å². The van der Waals surface area contributed by atoms with Gasteiger partial charge in [0.15, 0.2) is 12.6 Å². The summed E-state index contributed by atoms with van der Waals surface area (Å²) in [6.07, 6.45) is -1.63. The average molecular weight is 663 g/mol. The molecular weight excluding hydrogens is 612 g/mol. The lowest BCUT2D eigenvalue weighted by Gasteiger charge is -2.39. The molecule has 3 aliphatic rings. The highest BCUT2D eigenvalue weighted by Crippen LogP contribution is 2.22. The molecule has 0 aliphatic carbocycles. The molecule has 3 rings (SSSR count). The maximum absolute atomic E-state index is 13.1. The van der Waals surface area contributed by atoms with E-state index < -0.39 is 67.5 Å². The van der Waals surface area contributed by atoms with Crippen LogP contribution in [0.5, 0.6) is 0 Å². The van der Waals surface area contributed by atoms with Crippen LogP contribution in [0.1, 0.15) is 83.5 Å². The van der Waals surface area contributed by atoms with Crippen molar-refractivity contribution in [3.8, 4) is 0 Å². The van der Waals surface area contributed by atoms with Crippen LogP contribution in [0.15, 0.2) is 0 Å². The van der Waals surface area contributed by atoms with Crippen molar-refractivity contribution in [1.82, 2.24) is 9.96 Å². The van der Waals surface area contributed by atoms with E-state index in [1.807, 2.05) is 0 Å². The second-order valence-corrected chi connectivity index (χ2v) is 11.8. The standard InChI is InChI=1S/C30H50N2O14/c33-19-21-26(39)27(40)28(41)30(45-21)43-17-8-14-31(15-18-44-29-20(34)9-7-16-42-29)22(35)10-5-3-1-2-4-6-11-25(38)46-32-23(36)12-13-24(32)37/h20-21,26-30,33-34,39-41H,1-19H2/t20?,21?,26-,27?,28?,29?,30+/m1/s1. The fraction of sp³-hybridized carbons (Fsp3) is 0.867. The van der Waals surface area contributed by atoms with E-state index in [2.05, 4.69) is 0 Å². The maximum Gasteiger partial charge on any atom is 0.333 e. The van der Waals surface area contributed by atoms with Gasteiger partial charge in [-0.25, -0.2) is 4.79 Å². The summed E-state index contributed by atoms with van der Waals surface area (Å²) in [5.41, 5.74) is 0. The Morgan fingerprint density at radius 1 is 0.804 bits per heavy atom. The maximum atomic E-state index is 13.1. The number of hydrogen-bond donors (Lipinski definition) is 5. The van der Waals surface area contributed by atoms with E-state index in [-0.39, 0.29) is 44.9 Å². The van der Waals surface area contributed by atoms with Crippen LogP contribution >= 0.6 is 0 Å². The highest BCUT2D eigenvalue weighted by atomic mass is 16.7. The van der Waals surface area contributed by atoms with E-state index in [0.29, 0.717) is 50.3 Å². The molecule has 264 valence electrons. The van der Waals surface area contributed by atoms with Gasteiger partial charge in [0.25, 0.3) is 11.8 Å². The molecule has 0 aromatic rings. The molecule has 5 unspecified atom stereocenters. The van der Waals surface area contributed by atoms with Crippen molar-refractivity contribution in [1.29, 1.82) is 0 Å². The van der Waals surface area contributed by atoms with Crippen LogP contribution in [0, 0.1) is 0 Å². The Morgan fingerprint density at radius 3 is 2.13 bits per heavy atom. The zero-order valence-electron chi connectivity index (χ0n) is 26.3. The topological polar surface area (TPSA) is 222 Å². The number of nitrogens with zero attached hydrogens (tertiary/aromatic N) is 2. The van der Waals surface area contributed by atoms with Gasteiger partial charge in [0.05, 0.1) is 19.8 Å². The Hall–Kier alpha value is -2.28. The van der Waals surface area contributed by atoms with Crippen LogP contribution in [0.4, 0.5) is 0 Å². The van der Waals surface area contributed by atoms with Gasteiger partial charge in [0, 0.05) is 45.4 Å². The number of amides is 3. The van der Waals surface area contributed by atoms with Gasteiger partial charge >= 0.3 is 5.97 Å². The number of unbranched alkanes of at least 4 members (excludes halogenated alkanes) is 5. The lowest BCUT2D eigenvalue weighted by molar-refractivity contribution is -0.301. The molecule has 0 radical (unpaired) electrons. The summed E-state index contributed by atoms with van der Waals surface area (Å²) >= 11 is 0. The molecule has 7 atom stereocenters. The number of rotatable bonds is 20. The van der Waals surface area contributed by atoms with Crippen LogP contribution in [-0.4, -0.2) is 142 Å². The number of ether oxygens (including phenoxy) is 4. The molecule has 3 amide bonds. The van der Waals surface area contributed by atoms with Gasteiger partial charge in [0.1, 0.15) is 30.5 Å². The number of hydroxylamine groups is 2. The molecule has 0 saturated carbocycles. The van der Waals surface area contributed by atoms with Crippen molar-refractivity contribution in [2.45, 2.75) is 127 Å². The lowest BCUT2D eigenvalue weighted by atomic mass is 9.99. The molecule has 16 nitrogen and oxygen atoms in total. The van der Waals surface area contributed by atoms with Crippen LogP contribution in [-0.2, 0) is 43.0 Å². The van der Waals surface area contributed by atoms with E-state index in [4.69, 9.17) is 23.8 Å². The number of aliphatic hydroxyl groups excluding tert-OH is 5. The van der Waals surface area contributed by atoms with E-state index >= 15 is 0 Å². The zero-order chi connectivity index (χ0) is 33.5. The molecule has 0 spiro atoms. The fourth-order valence-corrected chi connectivity index (χ4v) is 5.41. The highest BCUT2D eigenvalue weighted by molar-refractivity contribution is 6.01. The van der Waals surface area contributed by atoms with Crippen molar-refractivity contribution in [3.05, 3.63) is 0 Å². The Morgan fingerprint density at radius 2 is 1.46 bits per heavy atom. The third-order valence-corrected chi connectivity index (χ3v) is 8.16. The van der Waals surface area contributed by atoms with Gasteiger partial charge in [-0.05, 0) is 32.1 Å². The molecule has 46 heavy (non-hydrogen) atoms. The first-order valence-corrected chi connectivity index (χ1v) is 16.3. The van der Waals surface area contributed by atoms with E-state index in [1.54, 1.807) is 4.90 Å². The summed E-state index contributed by atoms with van der Waals surface area (Å²) in [6, 6.07) is 0. The average Bonchev–Trinajstić information content (AvgIpc) is 3.35. The third kappa shape index (κ3) is 12.1. The molecule has 3 saturated heterocycles. The van der Waals surface area contributed by atoms with Gasteiger partial charge in [-0.15, -0.1) is 5.06 Å². The van der Waals surface area contributed by atoms with Crippen molar-refractivity contribution in [3.63, 3.8) is 0 Å². The van der Waals surface area contributed by atoms with Crippen molar-refractivity contribution >= 4 is 23.7 Å². The zero-order valence-corrected chi connectivity index (χ0v) is 26.3. The predicted molar refractivity (Wildman–Crippen MR) is 156 cm³/mol. The van der Waals surface area contributed by atoms with E-state index in [1.165, 1.54) is 0 Å². The number of imide groups is 1. The monoisotopic (exact) mass is 662 g/mol. The smallest absolute Gasteiger partial charge is 0.333 e. The Bertz CT molecular complexity index is 952. The highest BCUT2D eigenvalue weighted by Gasteiger charge is 2.44. The molecule has 5 N–H and O–H groups in total. The summed E-state index contributed by atoms with van der Waals surface area (Å²) in [6.45, 7) is 0.713. The van der Waals surface area contributed by atoms with Crippen LogP contribution in [0.25, 0.3) is 0 Å². The second-order valence-electron chi connectivity index (χ2n) is 11.8. The van der Waals surface area contributed by atoms with Gasteiger partial charge in [-0.2, -0.15) is 0 Å². The Balaban J connectivity index is 1.34. The quantitative estimate of drug-likeness (QED) is 0.0801. The van der Waals surface area contributed by atoms with Gasteiger partial charge < -0.3 is 54.2 Å². The van der Waals surface area contributed by atoms with Gasteiger partial charge in [-0.1, -0.05) is 25.7 Å². The second kappa shape index (κ2) is 20.2. The largest absolute Gasteiger partial charge is 0.394 e. The number of hydrogen-bond acceptors (Lipinski definition) is 14. The molecule has 0 aromatic heterocycles. The first kappa shape index (κ1) is 38.2. The number of carbonyl (C=O) groups excluding carboxylic acids is 4.